The minimum absolute atomic E-state index is 0.0696. The SMILES string of the molecule is CCNC(C)C(C)OCCOC(C)(C)C. The summed E-state index contributed by atoms with van der Waals surface area (Å²) >= 11 is 0. The molecule has 0 bridgehead atoms. The summed E-state index contributed by atoms with van der Waals surface area (Å²) in [6.45, 7) is 14.8. The molecule has 0 fully saturated rings. The van der Waals surface area contributed by atoms with Gasteiger partial charge in [0.15, 0.2) is 0 Å². The fourth-order valence-electron chi connectivity index (χ4n) is 1.21. The Morgan fingerprint density at radius 2 is 1.73 bits per heavy atom. The lowest BCUT2D eigenvalue weighted by molar-refractivity contribution is -0.0531. The molecule has 0 rings (SSSR count). The molecular weight excluding hydrogens is 190 g/mol. The highest BCUT2D eigenvalue weighted by molar-refractivity contribution is 4.67. The van der Waals surface area contributed by atoms with E-state index in [1.807, 2.05) is 0 Å². The van der Waals surface area contributed by atoms with Crippen molar-refractivity contribution in [1.82, 2.24) is 5.32 Å². The van der Waals surface area contributed by atoms with Crippen LogP contribution in [0.2, 0.25) is 0 Å². The van der Waals surface area contributed by atoms with Gasteiger partial charge >= 0.3 is 0 Å². The van der Waals surface area contributed by atoms with E-state index in [1.54, 1.807) is 0 Å². The third kappa shape index (κ3) is 8.85. The summed E-state index contributed by atoms with van der Waals surface area (Å²) < 4.78 is 11.2. The Hall–Kier alpha value is -0.120. The van der Waals surface area contributed by atoms with Crippen LogP contribution in [0, 0.1) is 0 Å². The number of rotatable bonds is 7. The lowest BCUT2D eigenvalue weighted by atomic mass is 10.2. The molecule has 1 N–H and O–H groups in total. The molecule has 15 heavy (non-hydrogen) atoms. The highest BCUT2D eigenvalue weighted by atomic mass is 16.5. The third-order valence-electron chi connectivity index (χ3n) is 2.23. The first-order chi connectivity index (χ1) is 6.87. The summed E-state index contributed by atoms with van der Waals surface area (Å²) in [5.41, 5.74) is -0.0696. The van der Waals surface area contributed by atoms with Gasteiger partial charge < -0.3 is 14.8 Å². The number of likely N-dealkylation sites (N-methyl/N-ethyl adjacent to an activating group) is 1. The van der Waals surface area contributed by atoms with Gasteiger partial charge in [0.05, 0.1) is 24.9 Å². The van der Waals surface area contributed by atoms with Crippen molar-refractivity contribution >= 4 is 0 Å². The quantitative estimate of drug-likeness (QED) is 0.663. The zero-order chi connectivity index (χ0) is 11.9. The second kappa shape index (κ2) is 7.20. The minimum atomic E-state index is -0.0696. The van der Waals surface area contributed by atoms with Gasteiger partial charge in [-0.3, -0.25) is 0 Å². The molecule has 0 saturated carbocycles. The lowest BCUT2D eigenvalue weighted by Gasteiger charge is -2.23. The number of hydrogen-bond acceptors (Lipinski definition) is 3. The number of ether oxygens (including phenoxy) is 2. The van der Waals surface area contributed by atoms with E-state index in [9.17, 15) is 0 Å². The first-order valence-electron chi connectivity index (χ1n) is 5.85. The second-order valence-corrected chi connectivity index (χ2v) is 4.88. The fourth-order valence-corrected chi connectivity index (χ4v) is 1.21. The molecule has 0 aliphatic heterocycles. The molecule has 0 saturated heterocycles. The minimum Gasteiger partial charge on any atom is -0.375 e. The van der Waals surface area contributed by atoms with Crippen LogP contribution in [0.5, 0.6) is 0 Å². The Bertz CT molecular complexity index is 154. The van der Waals surface area contributed by atoms with Crippen LogP contribution < -0.4 is 5.32 Å². The van der Waals surface area contributed by atoms with Crippen molar-refractivity contribution in [2.75, 3.05) is 19.8 Å². The molecule has 3 heteroatoms. The summed E-state index contributed by atoms with van der Waals surface area (Å²) in [5.74, 6) is 0. The zero-order valence-corrected chi connectivity index (χ0v) is 11.1. The van der Waals surface area contributed by atoms with Crippen molar-refractivity contribution in [2.45, 2.75) is 59.3 Å². The summed E-state index contributed by atoms with van der Waals surface area (Å²) in [6, 6.07) is 0.393. The van der Waals surface area contributed by atoms with Crippen molar-refractivity contribution < 1.29 is 9.47 Å². The van der Waals surface area contributed by atoms with Crippen LogP contribution in [0.25, 0.3) is 0 Å². The number of nitrogens with one attached hydrogen (secondary N) is 1. The Kier molecular flexibility index (Phi) is 7.14. The molecule has 0 aliphatic rings. The second-order valence-electron chi connectivity index (χ2n) is 4.88. The molecule has 3 nitrogen and oxygen atoms in total. The van der Waals surface area contributed by atoms with Crippen LogP contribution in [0.3, 0.4) is 0 Å². The van der Waals surface area contributed by atoms with Gasteiger partial charge in [-0.05, 0) is 41.2 Å². The molecule has 2 unspecified atom stereocenters. The third-order valence-corrected chi connectivity index (χ3v) is 2.23. The molecule has 0 aromatic heterocycles. The van der Waals surface area contributed by atoms with Gasteiger partial charge in [0.25, 0.3) is 0 Å². The molecule has 2 atom stereocenters. The molecule has 92 valence electrons. The summed E-state index contributed by atoms with van der Waals surface area (Å²) in [4.78, 5) is 0. The lowest BCUT2D eigenvalue weighted by Crippen LogP contribution is -2.37. The Morgan fingerprint density at radius 3 is 2.20 bits per heavy atom. The smallest absolute Gasteiger partial charge is 0.0707 e. The van der Waals surface area contributed by atoms with Crippen LogP contribution in [0.15, 0.2) is 0 Å². The first-order valence-corrected chi connectivity index (χ1v) is 5.85. The van der Waals surface area contributed by atoms with Gasteiger partial charge in [-0.2, -0.15) is 0 Å². The normalized spacial score (nSPS) is 16.4. The van der Waals surface area contributed by atoms with Gasteiger partial charge in [-0.25, -0.2) is 0 Å². The predicted molar refractivity (Wildman–Crippen MR) is 64.3 cm³/mol. The predicted octanol–water partition coefficient (Wildman–Crippen LogP) is 2.20. The summed E-state index contributed by atoms with van der Waals surface area (Å²) in [7, 11) is 0. The fraction of sp³-hybridized carbons (Fsp3) is 1.00. The van der Waals surface area contributed by atoms with E-state index in [2.05, 4.69) is 46.9 Å². The average Bonchev–Trinajstić information content (AvgIpc) is 2.11. The van der Waals surface area contributed by atoms with Crippen LogP contribution in [0.4, 0.5) is 0 Å². The molecule has 0 spiro atoms. The zero-order valence-electron chi connectivity index (χ0n) is 11.1. The Labute approximate surface area is 94.5 Å². The van der Waals surface area contributed by atoms with Crippen LogP contribution in [-0.4, -0.2) is 37.5 Å². The van der Waals surface area contributed by atoms with Crippen LogP contribution >= 0.6 is 0 Å². The highest BCUT2D eigenvalue weighted by Gasteiger charge is 2.12. The van der Waals surface area contributed by atoms with Gasteiger partial charge in [-0.15, -0.1) is 0 Å². The van der Waals surface area contributed by atoms with Crippen molar-refractivity contribution in [2.24, 2.45) is 0 Å². The molecule has 0 radical (unpaired) electrons. The van der Waals surface area contributed by atoms with Crippen molar-refractivity contribution in [3.8, 4) is 0 Å². The van der Waals surface area contributed by atoms with Crippen LogP contribution in [0.1, 0.15) is 41.5 Å². The number of hydrogen-bond donors (Lipinski definition) is 1. The van der Waals surface area contributed by atoms with Crippen LogP contribution in [-0.2, 0) is 9.47 Å². The average molecular weight is 217 g/mol. The van der Waals surface area contributed by atoms with Gasteiger partial charge in [0.2, 0.25) is 0 Å². The highest BCUT2D eigenvalue weighted by Crippen LogP contribution is 2.06. The maximum Gasteiger partial charge on any atom is 0.0707 e. The Morgan fingerprint density at radius 1 is 1.13 bits per heavy atom. The summed E-state index contributed by atoms with van der Waals surface area (Å²) in [5, 5.41) is 3.34. The van der Waals surface area contributed by atoms with E-state index in [0.717, 1.165) is 6.54 Å². The monoisotopic (exact) mass is 217 g/mol. The molecule has 0 aromatic carbocycles. The standard InChI is InChI=1S/C12H27NO2/c1-7-13-10(2)11(3)14-8-9-15-12(4,5)6/h10-11,13H,7-9H2,1-6H3. The van der Waals surface area contributed by atoms with E-state index in [0.29, 0.717) is 19.3 Å². The molecule has 0 heterocycles. The summed E-state index contributed by atoms with van der Waals surface area (Å²) in [6.07, 6.45) is 0.230. The van der Waals surface area contributed by atoms with Crippen molar-refractivity contribution in [1.29, 1.82) is 0 Å². The van der Waals surface area contributed by atoms with Crippen molar-refractivity contribution in [3.05, 3.63) is 0 Å². The topological polar surface area (TPSA) is 30.5 Å². The Balaban J connectivity index is 3.50. The van der Waals surface area contributed by atoms with E-state index >= 15 is 0 Å². The van der Waals surface area contributed by atoms with E-state index in [4.69, 9.17) is 9.47 Å². The van der Waals surface area contributed by atoms with Crippen molar-refractivity contribution in [3.63, 3.8) is 0 Å². The largest absolute Gasteiger partial charge is 0.375 e. The van der Waals surface area contributed by atoms with Gasteiger partial charge in [0.1, 0.15) is 0 Å². The maximum absolute atomic E-state index is 5.66. The molecule has 0 aliphatic carbocycles. The van der Waals surface area contributed by atoms with E-state index < -0.39 is 0 Å². The molecule has 0 aromatic rings. The molecule has 0 amide bonds. The van der Waals surface area contributed by atoms with Gasteiger partial charge in [-0.1, -0.05) is 6.92 Å². The molecular formula is C12H27NO2. The first kappa shape index (κ1) is 14.9. The maximum atomic E-state index is 5.66. The van der Waals surface area contributed by atoms with E-state index in [-0.39, 0.29) is 11.7 Å². The van der Waals surface area contributed by atoms with Gasteiger partial charge in [0, 0.05) is 6.04 Å². The van der Waals surface area contributed by atoms with E-state index in [1.165, 1.54) is 0 Å².